The van der Waals surface area contributed by atoms with Crippen LogP contribution in [0.5, 0.6) is 0 Å². The fourth-order valence-electron chi connectivity index (χ4n) is 18.7. The second kappa shape index (κ2) is 44.4. The first kappa shape index (κ1) is 109. The van der Waals surface area contributed by atoms with Gasteiger partial charge in [-0.05, 0) is 260 Å². The molecule has 38 heteroatoms. The monoisotopic (exact) mass is 2030 g/mol. The zero-order chi connectivity index (χ0) is 100. The van der Waals surface area contributed by atoms with Crippen LogP contribution in [0.15, 0.2) is 243 Å². The Morgan fingerprint density at radius 2 is 0.812 bits per heavy atom. The summed E-state index contributed by atoms with van der Waals surface area (Å²) in [5, 5.41) is 19.0. The molecule has 0 aromatic heterocycles. The van der Waals surface area contributed by atoms with Crippen LogP contribution in [0.2, 0.25) is 0 Å². The number of thioether (sulfide) groups is 2. The summed E-state index contributed by atoms with van der Waals surface area (Å²) in [4.78, 5) is 74.6. The SMILES string of the molecule is CN(C)c1ccc(SC2=C(/C=C/C3=[N+](CCCCCC(=O)O)c4ccc(S(=O)(=O)[O-])cc4C3(C)C)CCC/C2=C\C=C2\N(CCCCCC(=O)O)c3ccc(S(=O)(=O)[O-])cc3C2(C)C)cc1.CN(C)c1ccc(SC2=C(C=CC3=[N+](CCCCCC(=O)ON4C(=O)CCC4=O)c4ccc(S(=O)(=O)[O-])cc4C3(C)C)CCCC2=CC=C2N(CCS(=O)(=O)[O-])c3ccc(S(=O)(=O)O)cc3C2(C)C)cc1.[Na+]. The molecule has 1 saturated heterocycles. The predicted molar refractivity (Wildman–Crippen MR) is 524 cm³/mol. The van der Waals surface area contributed by atoms with Crippen LogP contribution in [-0.4, -0.2) is 191 Å². The number of hydrogen-bond acceptors (Lipinski definition) is 26. The molecule has 0 spiro atoms. The van der Waals surface area contributed by atoms with E-state index in [0.717, 1.165) is 124 Å². The first-order valence-corrected chi connectivity index (χ1v) is 54.3. The second-order valence-corrected chi connectivity index (χ2v) is 46.8. The molecule has 7 aliphatic rings. The number of carbonyl (C=O) groups excluding carboxylic acids is 3. The molecule has 1 fully saturated rings. The third kappa shape index (κ3) is 25.9. The van der Waals surface area contributed by atoms with E-state index in [0.29, 0.717) is 118 Å². The minimum atomic E-state index is -4.78. The Morgan fingerprint density at radius 3 is 1.20 bits per heavy atom. The molecule has 0 bridgehead atoms. The molecule has 0 radical (unpaired) electrons. The molecule has 3 N–H and O–H groups in total. The number of amides is 2. The van der Waals surface area contributed by atoms with Crippen molar-refractivity contribution in [3.05, 3.63) is 236 Å². The third-order valence-corrected chi connectivity index (χ3v) is 32.6. The van der Waals surface area contributed by atoms with Crippen molar-refractivity contribution in [3.63, 3.8) is 0 Å². The Kier molecular flexibility index (Phi) is 35.1. The topological polar surface area (TPSA) is 440 Å². The quantitative estimate of drug-likeness (QED) is 0.0107. The summed E-state index contributed by atoms with van der Waals surface area (Å²) < 4.78 is 184. The van der Waals surface area contributed by atoms with Gasteiger partial charge in [0, 0.05) is 186 Å². The standard InChI is InChI=1S/C50H58N4O13S4.C50H61N3O10S3.Na/c1-49(2)39-31-37(70(61,62)63)20-22-41(39)52(28-9-7-8-13-47(57)67-54-45(55)26-27-46(54)56)43(49)24-14-33-11-10-12-34(48(33)68-36-18-16-35(17-19-36)51(5)6)15-25-44-50(3,4)40-32-38(71(64,65)66)21-23-42(40)53(44)29-30-69(58,59)60;1-49(2)40-32-38(65(58,59)60)24-26-42(40)52(30-11-7-9-16-46(54)55)44(49)28-18-34-14-13-15-35(48(34)64-37-22-20-36(21-23-37)51(5)6)19-29-45-50(3,4)41-33-39(66(61,62)63)25-27-43(41)53(45)31-12-8-10-17-47(56)57;/h14-25,31-32H,7-13,26-30H2,1-6H3,(H2-,58,59,60,61,62,63,64,65,66);18-29,32-33H,7-17,30-31H2,1-6H3,(H3-,54,55,56,57,58,59,60,61,62,63);/q;;+1/p-2. The fraction of sp³-hybridized carbons (Fsp3) is 0.410. The summed E-state index contributed by atoms with van der Waals surface area (Å²) in [6.45, 7) is 17.1. The maximum Gasteiger partial charge on any atom is 1.00 e. The number of hydroxylamine groups is 2. The van der Waals surface area contributed by atoms with Gasteiger partial charge in [0.1, 0.15) is 43.4 Å². The van der Waals surface area contributed by atoms with E-state index in [1.807, 2.05) is 136 Å². The van der Waals surface area contributed by atoms with Gasteiger partial charge in [0.15, 0.2) is 11.4 Å². The summed E-state index contributed by atoms with van der Waals surface area (Å²) in [6.07, 6.45) is 26.5. The molecule has 5 heterocycles. The fourth-order valence-corrected chi connectivity index (χ4v) is 23.3. The number of aliphatic carboxylic acids is 2. The average molecular weight is 2030 g/mol. The first-order valence-electron chi connectivity index (χ1n) is 45.4. The molecule has 2 aliphatic carbocycles. The summed E-state index contributed by atoms with van der Waals surface area (Å²) >= 11 is 3.25. The number of fused-ring (bicyclic) bond motifs is 4. The van der Waals surface area contributed by atoms with Gasteiger partial charge in [-0.1, -0.05) is 81.9 Å². The number of rotatable bonds is 38. The first-order chi connectivity index (χ1) is 64.2. The van der Waals surface area contributed by atoms with E-state index in [1.54, 1.807) is 46.6 Å². The number of carbonyl (C=O) groups is 5. The van der Waals surface area contributed by atoms with Crippen LogP contribution < -0.4 is 49.2 Å². The maximum atomic E-state index is 12.5. The molecule has 13 rings (SSSR count). The van der Waals surface area contributed by atoms with Crippen molar-refractivity contribution in [1.29, 1.82) is 0 Å². The van der Waals surface area contributed by atoms with Crippen LogP contribution in [0.25, 0.3) is 0 Å². The van der Waals surface area contributed by atoms with Crippen LogP contribution >= 0.6 is 23.5 Å². The number of allylic oxidation sites excluding steroid dienone is 14. The summed E-state index contributed by atoms with van der Waals surface area (Å²) in [5.41, 5.74) is 11.9. The van der Waals surface area contributed by atoms with Gasteiger partial charge in [0.05, 0.1) is 46.3 Å². The third-order valence-electron chi connectivity index (χ3n) is 26.1. The molecule has 30 nitrogen and oxygen atoms in total. The van der Waals surface area contributed by atoms with Crippen molar-refractivity contribution in [3.8, 4) is 0 Å². The van der Waals surface area contributed by atoms with Crippen molar-refractivity contribution in [1.82, 2.24) is 5.06 Å². The van der Waals surface area contributed by atoms with Gasteiger partial charge < -0.3 is 52.9 Å². The van der Waals surface area contributed by atoms with Crippen LogP contribution in [-0.2, 0) is 101 Å². The Hall–Kier alpha value is -9.42. The van der Waals surface area contributed by atoms with Crippen LogP contribution in [0, 0.1) is 0 Å². The van der Waals surface area contributed by atoms with E-state index in [9.17, 15) is 99.0 Å². The smallest absolute Gasteiger partial charge is 0.748 e. The Balaban J connectivity index is 0.000000263. The van der Waals surface area contributed by atoms with E-state index < -0.39 is 108 Å². The summed E-state index contributed by atoms with van der Waals surface area (Å²) in [5.74, 6) is -4.19. The molecule has 5 aliphatic heterocycles. The van der Waals surface area contributed by atoms with Crippen molar-refractivity contribution in [2.24, 2.45) is 0 Å². The summed E-state index contributed by atoms with van der Waals surface area (Å²) in [7, 11) is -15.5. The van der Waals surface area contributed by atoms with Gasteiger partial charge in [-0.3, -0.25) is 23.7 Å². The number of hydrogen-bond donors (Lipinski definition) is 3. The Morgan fingerprint density at radius 1 is 0.442 bits per heavy atom. The molecular weight excluding hydrogens is 1910 g/mol. The van der Waals surface area contributed by atoms with Crippen LogP contribution in [0.4, 0.5) is 34.1 Å². The Labute approximate surface area is 840 Å². The van der Waals surface area contributed by atoms with Crippen LogP contribution in [0.3, 0.4) is 0 Å². The number of carboxylic acid groups (broad SMARTS) is 2. The number of anilines is 4. The molecule has 0 unspecified atom stereocenters. The number of unbranched alkanes of at least 4 members (excludes halogenated alkanes) is 6. The molecule has 2 amide bonds. The number of imide groups is 1. The van der Waals surface area contributed by atoms with Gasteiger partial charge in [0.2, 0.25) is 11.4 Å². The molecule has 138 heavy (non-hydrogen) atoms. The van der Waals surface area contributed by atoms with E-state index in [-0.39, 0.29) is 87.8 Å². The van der Waals surface area contributed by atoms with E-state index in [1.165, 1.54) is 54.6 Å². The molecule has 0 saturated carbocycles. The maximum absolute atomic E-state index is 12.5. The molecule has 734 valence electrons. The normalized spacial score (nSPS) is 18.5. The van der Waals surface area contributed by atoms with Crippen molar-refractivity contribution in [2.75, 3.05) is 79.7 Å². The number of benzene rings is 6. The predicted octanol–water partition coefficient (Wildman–Crippen LogP) is 14.0. The van der Waals surface area contributed by atoms with Crippen LogP contribution in [0.1, 0.15) is 206 Å². The van der Waals surface area contributed by atoms with E-state index in [4.69, 9.17) is 4.84 Å². The minimum Gasteiger partial charge on any atom is -0.748 e. The number of nitrogens with zero attached hydrogens (tertiary/aromatic N) is 7. The molecule has 0 atom stereocenters. The zero-order valence-corrected chi connectivity index (χ0v) is 87.6. The average Bonchev–Trinajstić information content (AvgIpc) is 1.60. The minimum absolute atomic E-state index is 0. The molecule has 6 aromatic rings. The van der Waals surface area contributed by atoms with E-state index in [2.05, 4.69) is 68.7 Å². The van der Waals surface area contributed by atoms with Gasteiger partial charge in [-0.15, -0.1) is 5.06 Å². The van der Waals surface area contributed by atoms with Crippen molar-refractivity contribution >= 4 is 149 Å². The number of carboxylic acids is 2. The van der Waals surface area contributed by atoms with Gasteiger partial charge in [-0.2, -0.15) is 17.6 Å². The largest absolute Gasteiger partial charge is 1.00 e. The van der Waals surface area contributed by atoms with Crippen molar-refractivity contribution in [2.45, 2.75) is 235 Å². The molecular formula is C100H117N7NaO23S7-. The van der Waals surface area contributed by atoms with Crippen molar-refractivity contribution < 1.29 is 143 Å². The van der Waals surface area contributed by atoms with Gasteiger partial charge in [-0.25, -0.2) is 38.5 Å². The second-order valence-electron chi connectivity index (χ2n) is 37.5. The molecule has 6 aromatic carbocycles. The zero-order valence-electron chi connectivity index (χ0n) is 79.8. The van der Waals surface area contributed by atoms with E-state index >= 15 is 0 Å². The van der Waals surface area contributed by atoms with Gasteiger partial charge >= 0.3 is 47.5 Å². The van der Waals surface area contributed by atoms with Gasteiger partial charge in [0.25, 0.3) is 21.9 Å². The Bertz CT molecular complexity index is 6710. The summed E-state index contributed by atoms with van der Waals surface area (Å²) in [6, 6.07) is 34.0.